The molecule has 0 amide bonds. The van der Waals surface area contributed by atoms with Crippen LogP contribution in [0.1, 0.15) is 55.5 Å². The number of hydrogen-bond donors (Lipinski definition) is 0. The number of carbonyl (C=O) groups is 1. The minimum Gasteiger partial charge on any atom is -0.294 e. The number of carbonyl (C=O) groups excluding carboxylic acids is 1. The molecule has 0 aliphatic carbocycles. The molecule has 0 N–H and O–H groups in total. The summed E-state index contributed by atoms with van der Waals surface area (Å²) in [5, 5.41) is 0.977. The van der Waals surface area contributed by atoms with Crippen LogP contribution < -0.4 is 0 Å². The summed E-state index contributed by atoms with van der Waals surface area (Å²) >= 11 is 0. The summed E-state index contributed by atoms with van der Waals surface area (Å²) in [7, 11) is 0. The maximum absolute atomic E-state index is 11.6. The fourth-order valence-electron chi connectivity index (χ4n) is 2.49. The topological polar surface area (TPSA) is 30.0 Å². The molecule has 1 aromatic carbocycles. The maximum Gasteiger partial charge on any atom is 0.160 e. The van der Waals surface area contributed by atoms with Gasteiger partial charge >= 0.3 is 0 Å². The number of Topliss-reactive ketones (excluding diaryl/α,β-unsaturated/α-hetero) is 1. The van der Waals surface area contributed by atoms with Crippen molar-refractivity contribution in [1.29, 1.82) is 0 Å². The Hall–Kier alpha value is -1.70. The summed E-state index contributed by atoms with van der Waals surface area (Å²) in [6.07, 6.45) is 4.04. The van der Waals surface area contributed by atoms with Crippen molar-refractivity contribution in [3.8, 4) is 0 Å². The third-order valence-electron chi connectivity index (χ3n) is 3.43. The molecule has 18 heavy (non-hydrogen) atoms. The molecule has 0 spiro atoms. The summed E-state index contributed by atoms with van der Waals surface area (Å²) in [6, 6.07) is 7.94. The first-order valence-electron chi connectivity index (χ1n) is 6.53. The van der Waals surface area contributed by atoms with E-state index >= 15 is 0 Å². The van der Waals surface area contributed by atoms with E-state index in [-0.39, 0.29) is 5.78 Å². The van der Waals surface area contributed by atoms with Gasteiger partial charge in [-0.05, 0) is 30.9 Å². The molecule has 0 aliphatic heterocycles. The van der Waals surface area contributed by atoms with Crippen LogP contribution in [0.15, 0.2) is 30.5 Å². The summed E-state index contributed by atoms with van der Waals surface area (Å²) in [6.45, 7) is 6.02. The lowest BCUT2D eigenvalue weighted by Gasteiger charge is -2.14. The van der Waals surface area contributed by atoms with Crippen molar-refractivity contribution in [2.75, 3.05) is 0 Å². The molecule has 0 radical (unpaired) electrons. The highest BCUT2D eigenvalue weighted by atomic mass is 16.1. The van der Waals surface area contributed by atoms with Gasteiger partial charge in [0.05, 0.1) is 5.52 Å². The molecule has 0 bridgehead atoms. The van der Waals surface area contributed by atoms with Crippen molar-refractivity contribution >= 4 is 16.7 Å². The van der Waals surface area contributed by atoms with Gasteiger partial charge in [0, 0.05) is 17.1 Å². The van der Waals surface area contributed by atoms with Crippen molar-refractivity contribution in [3.63, 3.8) is 0 Å². The number of aromatic nitrogens is 1. The van der Waals surface area contributed by atoms with Crippen LogP contribution in [-0.2, 0) is 0 Å². The van der Waals surface area contributed by atoms with Crippen LogP contribution in [0.4, 0.5) is 0 Å². The Labute approximate surface area is 108 Å². The molecule has 2 heteroatoms. The van der Waals surface area contributed by atoms with E-state index in [1.54, 1.807) is 19.2 Å². The summed E-state index contributed by atoms with van der Waals surface area (Å²) in [5.41, 5.74) is 2.99. The number of fused-ring (bicyclic) bond motifs is 1. The second-order valence-corrected chi connectivity index (χ2v) is 4.85. The second-order valence-electron chi connectivity index (χ2n) is 4.85. The largest absolute Gasteiger partial charge is 0.294 e. The lowest BCUT2D eigenvalue weighted by Crippen LogP contribution is -2.00. The average molecular weight is 241 g/mol. The highest BCUT2D eigenvalue weighted by molar-refractivity contribution is 6.06. The van der Waals surface area contributed by atoms with Crippen molar-refractivity contribution in [2.24, 2.45) is 0 Å². The number of pyridine rings is 1. The molecular weight excluding hydrogens is 222 g/mol. The van der Waals surface area contributed by atoms with Crippen LogP contribution in [-0.4, -0.2) is 10.8 Å². The predicted octanol–water partition coefficient (Wildman–Crippen LogP) is 4.34. The molecule has 2 nitrogen and oxygen atoms in total. The molecule has 2 aromatic rings. The van der Waals surface area contributed by atoms with Gasteiger partial charge in [-0.3, -0.25) is 9.78 Å². The van der Waals surface area contributed by atoms with Crippen LogP contribution in [0.3, 0.4) is 0 Å². The highest BCUT2D eigenvalue weighted by Gasteiger charge is 2.12. The Kier molecular flexibility index (Phi) is 3.75. The Balaban J connectivity index is 2.63. The number of ketones is 1. The van der Waals surface area contributed by atoms with E-state index in [0.717, 1.165) is 29.3 Å². The first kappa shape index (κ1) is 12.7. The molecule has 94 valence electrons. The van der Waals surface area contributed by atoms with Gasteiger partial charge in [0.15, 0.2) is 5.78 Å². The normalized spacial score (nSPS) is 12.6. The van der Waals surface area contributed by atoms with Gasteiger partial charge in [-0.1, -0.05) is 38.5 Å². The molecule has 0 fully saturated rings. The summed E-state index contributed by atoms with van der Waals surface area (Å²) in [4.78, 5) is 16.1. The number of hydrogen-bond acceptors (Lipinski definition) is 2. The first-order chi connectivity index (χ1) is 8.65. The zero-order chi connectivity index (χ0) is 13.1. The minimum atomic E-state index is 0.0997. The molecule has 0 saturated carbocycles. The molecular formula is C16H19NO. The molecule has 0 saturated heterocycles. The zero-order valence-corrected chi connectivity index (χ0v) is 11.2. The molecule has 1 heterocycles. The Bertz CT molecular complexity index is 574. The van der Waals surface area contributed by atoms with Crippen LogP contribution >= 0.6 is 0 Å². The predicted molar refractivity (Wildman–Crippen MR) is 75.1 cm³/mol. The van der Waals surface area contributed by atoms with Gasteiger partial charge < -0.3 is 0 Å². The fraction of sp³-hybridized carbons (Fsp3) is 0.375. The number of benzene rings is 1. The second kappa shape index (κ2) is 5.30. The molecule has 0 aliphatic rings. The van der Waals surface area contributed by atoms with E-state index in [2.05, 4.69) is 24.9 Å². The van der Waals surface area contributed by atoms with Gasteiger partial charge in [0.25, 0.3) is 0 Å². The number of para-hydroxylation sites is 1. The van der Waals surface area contributed by atoms with Crippen molar-refractivity contribution in [3.05, 3.63) is 41.6 Å². The van der Waals surface area contributed by atoms with E-state index in [0.29, 0.717) is 5.92 Å². The number of rotatable bonds is 4. The van der Waals surface area contributed by atoms with Crippen LogP contribution in [0, 0.1) is 0 Å². The smallest absolute Gasteiger partial charge is 0.160 e. The van der Waals surface area contributed by atoms with Gasteiger partial charge in [0.2, 0.25) is 0 Å². The molecule has 2 rings (SSSR count). The molecule has 1 unspecified atom stereocenters. The third kappa shape index (κ3) is 2.28. The Morgan fingerprint density at radius 1 is 1.33 bits per heavy atom. The maximum atomic E-state index is 11.6. The van der Waals surface area contributed by atoms with Crippen molar-refractivity contribution in [2.45, 2.75) is 39.5 Å². The van der Waals surface area contributed by atoms with Gasteiger partial charge in [0.1, 0.15) is 0 Å². The average Bonchev–Trinajstić information content (AvgIpc) is 2.37. The van der Waals surface area contributed by atoms with Gasteiger partial charge in [-0.2, -0.15) is 0 Å². The first-order valence-corrected chi connectivity index (χ1v) is 6.53. The summed E-state index contributed by atoms with van der Waals surface area (Å²) < 4.78 is 0. The van der Waals surface area contributed by atoms with E-state index in [1.165, 1.54) is 5.56 Å². The molecule has 1 atom stereocenters. The summed E-state index contributed by atoms with van der Waals surface area (Å²) in [5.74, 6) is 0.580. The van der Waals surface area contributed by atoms with Gasteiger partial charge in [-0.15, -0.1) is 0 Å². The van der Waals surface area contributed by atoms with E-state index in [4.69, 9.17) is 0 Å². The van der Waals surface area contributed by atoms with Crippen LogP contribution in [0.25, 0.3) is 10.9 Å². The monoisotopic (exact) mass is 241 g/mol. The van der Waals surface area contributed by atoms with Gasteiger partial charge in [-0.25, -0.2) is 0 Å². The Morgan fingerprint density at radius 2 is 2.11 bits per heavy atom. The highest BCUT2D eigenvalue weighted by Crippen LogP contribution is 2.28. The van der Waals surface area contributed by atoms with Crippen molar-refractivity contribution < 1.29 is 4.79 Å². The van der Waals surface area contributed by atoms with E-state index < -0.39 is 0 Å². The molecule has 1 aromatic heterocycles. The fourth-order valence-corrected chi connectivity index (χ4v) is 2.49. The van der Waals surface area contributed by atoms with E-state index in [9.17, 15) is 4.79 Å². The quantitative estimate of drug-likeness (QED) is 0.745. The van der Waals surface area contributed by atoms with Crippen LogP contribution in [0.2, 0.25) is 0 Å². The standard InChI is InChI=1S/C16H19NO/c1-4-6-11(2)13-7-5-8-15-14(12(3)18)9-10-17-16(13)15/h5,7-11H,4,6H2,1-3H3. The third-order valence-corrected chi connectivity index (χ3v) is 3.43. The van der Waals surface area contributed by atoms with E-state index in [1.807, 2.05) is 12.1 Å². The zero-order valence-electron chi connectivity index (χ0n) is 11.2. The lowest BCUT2D eigenvalue weighted by atomic mass is 9.92. The SMILES string of the molecule is CCCC(C)c1cccc2c(C(C)=O)ccnc12. The lowest BCUT2D eigenvalue weighted by molar-refractivity contribution is 0.101. The Morgan fingerprint density at radius 3 is 2.78 bits per heavy atom. The van der Waals surface area contributed by atoms with Crippen molar-refractivity contribution in [1.82, 2.24) is 4.98 Å². The number of nitrogens with zero attached hydrogens (tertiary/aromatic N) is 1. The van der Waals surface area contributed by atoms with Crippen LogP contribution in [0.5, 0.6) is 0 Å². The minimum absolute atomic E-state index is 0.0997.